The van der Waals surface area contributed by atoms with Crippen molar-refractivity contribution in [2.75, 3.05) is 24.6 Å². The first-order valence-corrected chi connectivity index (χ1v) is 11.5. The summed E-state index contributed by atoms with van der Waals surface area (Å²) in [4.78, 5) is 38.7. The van der Waals surface area contributed by atoms with Crippen LogP contribution in [0.5, 0.6) is 0 Å². The average molecular weight is 437 g/mol. The molecule has 2 unspecified atom stereocenters. The maximum Gasteiger partial charge on any atom is 0.234 e. The molecule has 31 heavy (non-hydrogen) atoms. The number of amides is 2. The first-order valence-electron chi connectivity index (χ1n) is 10.6. The number of carbonyl (C=O) groups is 2. The van der Waals surface area contributed by atoms with E-state index in [-0.39, 0.29) is 30.3 Å². The summed E-state index contributed by atoms with van der Waals surface area (Å²) < 4.78 is 6.85. The normalized spacial score (nSPS) is 21.2. The largest absolute Gasteiger partial charge is 0.376 e. The van der Waals surface area contributed by atoms with Gasteiger partial charge in [0, 0.05) is 25.8 Å². The number of hydrogen-bond donors (Lipinski definition) is 0. The number of anilines is 1. The number of rotatable bonds is 6. The van der Waals surface area contributed by atoms with E-state index in [9.17, 15) is 9.59 Å². The lowest BCUT2D eigenvalue weighted by Gasteiger charge is -2.25. The number of hydrogen-bond acceptors (Lipinski definition) is 6. The summed E-state index contributed by atoms with van der Waals surface area (Å²) in [6.07, 6.45) is 3.89. The molecule has 2 fully saturated rings. The van der Waals surface area contributed by atoms with Crippen molar-refractivity contribution < 1.29 is 14.3 Å². The van der Waals surface area contributed by atoms with E-state index in [0.717, 1.165) is 35.4 Å². The predicted octanol–water partition coefficient (Wildman–Crippen LogP) is 3.25. The summed E-state index contributed by atoms with van der Waals surface area (Å²) in [6, 6.07) is 13.5. The molecular weight excluding hydrogens is 412 g/mol. The number of fused-ring (bicyclic) bond motifs is 1. The third kappa shape index (κ3) is 4.31. The Hall–Kier alpha value is -2.84. The van der Waals surface area contributed by atoms with Crippen molar-refractivity contribution in [1.29, 1.82) is 0 Å². The van der Waals surface area contributed by atoms with Gasteiger partial charge in [0.05, 0.1) is 41.0 Å². The molecule has 0 spiro atoms. The molecule has 8 heteroatoms. The van der Waals surface area contributed by atoms with E-state index in [0.29, 0.717) is 24.8 Å². The molecule has 2 aromatic heterocycles. The molecule has 2 aliphatic heterocycles. The van der Waals surface area contributed by atoms with Crippen LogP contribution in [0.3, 0.4) is 0 Å². The molecule has 2 atom stereocenters. The van der Waals surface area contributed by atoms with Gasteiger partial charge in [-0.3, -0.25) is 19.5 Å². The minimum Gasteiger partial charge on any atom is -0.376 e. The summed E-state index contributed by atoms with van der Waals surface area (Å²) in [5, 5.41) is 0.678. The van der Waals surface area contributed by atoms with Crippen molar-refractivity contribution in [2.45, 2.75) is 31.9 Å². The Balaban J connectivity index is 1.36. The van der Waals surface area contributed by atoms with Gasteiger partial charge in [-0.25, -0.2) is 4.98 Å². The molecule has 2 aliphatic rings. The molecule has 0 bridgehead atoms. The summed E-state index contributed by atoms with van der Waals surface area (Å²) in [5.74, 6) is -0.443. The van der Waals surface area contributed by atoms with E-state index in [1.54, 1.807) is 16.0 Å². The van der Waals surface area contributed by atoms with E-state index in [4.69, 9.17) is 9.72 Å². The number of nitrogens with zero attached hydrogens (tertiary/aromatic N) is 4. The fraction of sp³-hybridized carbons (Fsp3) is 0.391. The van der Waals surface area contributed by atoms with Crippen LogP contribution >= 0.6 is 11.3 Å². The number of thiazole rings is 1. The van der Waals surface area contributed by atoms with E-state index >= 15 is 0 Å². The van der Waals surface area contributed by atoms with Crippen LogP contribution in [0.25, 0.3) is 10.2 Å². The highest BCUT2D eigenvalue weighted by Crippen LogP contribution is 2.32. The standard InChI is InChI=1S/C23H24N4O3S/c28-21-12-16(13-26(21)14-17-6-3-4-10-24-17)22(29)27(15-18-7-5-11-30-18)23-25-19-8-1-2-9-20(19)31-23/h1-4,6,8-10,16,18H,5,7,11-15H2. The smallest absolute Gasteiger partial charge is 0.234 e. The summed E-state index contributed by atoms with van der Waals surface area (Å²) in [7, 11) is 0. The fourth-order valence-electron chi connectivity index (χ4n) is 4.23. The molecular formula is C23H24N4O3S. The Bertz CT molecular complexity index is 1050. The van der Waals surface area contributed by atoms with Gasteiger partial charge in [-0.1, -0.05) is 29.5 Å². The molecule has 4 heterocycles. The number of aromatic nitrogens is 2. The molecule has 2 amide bonds. The molecule has 0 radical (unpaired) electrons. The van der Waals surface area contributed by atoms with Crippen LogP contribution in [-0.4, -0.2) is 52.5 Å². The molecule has 2 saturated heterocycles. The zero-order chi connectivity index (χ0) is 21.2. The maximum absolute atomic E-state index is 13.6. The summed E-state index contributed by atoms with van der Waals surface area (Å²) in [5.41, 5.74) is 1.71. The summed E-state index contributed by atoms with van der Waals surface area (Å²) >= 11 is 1.51. The first-order chi connectivity index (χ1) is 15.2. The molecule has 3 aromatic rings. The van der Waals surface area contributed by atoms with Crippen LogP contribution in [0.1, 0.15) is 25.0 Å². The van der Waals surface area contributed by atoms with Gasteiger partial charge in [-0.15, -0.1) is 0 Å². The van der Waals surface area contributed by atoms with Gasteiger partial charge in [0.15, 0.2) is 5.13 Å². The molecule has 5 rings (SSSR count). The van der Waals surface area contributed by atoms with Crippen LogP contribution in [0, 0.1) is 5.92 Å². The Labute approximate surface area is 184 Å². The number of ether oxygens (including phenoxy) is 1. The molecule has 0 saturated carbocycles. The van der Waals surface area contributed by atoms with Crippen LogP contribution in [-0.2, 0) is 20.9 Å². The van der Waals surface area contributed by atoms with E-state index in [1.165, 1.54) is 11.3 Å². The Morgan fingerprint density at radius 2 is 2.10 bits per heavy atom. The topological polar surface area (TPSA) is 75.6 Å². The Kier molecular flexibility index (Phi) is 5.65. The third-order valence-electron chi connectivity index (χ3n) is 5.83. The van der Waals surface area contributed by atoms with Crippen LogP contribution in [0.4, 0.5) is 5.13 Å². The number of benzene rings is 1. The SMILES string of the molecule is O=C1CC(C(=O)N(CC2CCCO2)c2nc3ccccc3s2)CN1Cc1ccccn1. The zero-order valence-corrected chi connectivity index (χ0v) is 18.0. The van der Waals surface area contributed by atoms with E-state index in [2.05, 4.69) is 4.98 Å². The number of likely N-dealkylation sites (tertiary alicyclic amines) is 1. The lowest BCUT2D eigenvalue weighted by atomic mass is 10.1. The van der Waals surface area contributed by atoms with Crippen LogP contribution in [0.2, 0.25) is 0 Å². The molecule has 1 aromatic carbocycles. The Morgan fingerprint density at radius 1 is 1.23 bits per heavy atom. The maximum atomic E-state index is 13.6. The van der Waals surface area contributed by atoms with Crippen molar-refractivity contribution in [3.05, 3.63) is 54.4 Å². The second-order valence-corrected chi connectivity index (χ2v) is 9.05. The zero-order valence-electron chi connectivity index (χ0n) is 17.1. The van der Waals surface area contributed by atoms with Gasteiger partial charge in [-0.2, -0.15) is 0 Å². The highest BCUT2D eigenvalue weighted by Gasteiger charge is 2.38. The van der Waals surface area contributed by atoms with Gasteiger partial charge >= 0.3 is 0 Å². The minimum atomic E-state index is -0.385. The van der Waals surface area contributed by atoms with Crippen LogP contribution < -0.4 is 4.90 Å². The van der Waals surface area contributed by atoms with Gasteiger partial charge < -0.3 is 9.64 Å². The van der Waals surface area contributed by atoms with Gasteiger partial charge in [0.2, 0.25) is 11.8 Å². The van der Waals surface area contributed by atoms with Gasteiger partial charge in [-0.05, 0) is 37.1 Å². The van der Waals surface area contributed by atoms with Crippen molar-refractivity contribution in [3.63, 3.8) is 0 Å². The second kappa shape index (κ2) is 8.72. The monoisotopic (exact) mass is 436 g/mol. The fourth-order valence-corrected chi connectivity index (χ4v) is 5.21. The lowest BCUT2D eigenvalue weighted by molar-refractivity contribution is -0.129. The minimum absolute atomic E-state index is 0.00892. The molecule has 0 N–H and O–H groups in total. The Morgan fingerprint density at radius 3 is 2.87 bits per heavy atom. The number of para-hydroxylation sites is 1. The second-order valence-electron chi connectivity index (χ2n) is 8.04. The molecule has 7 nitrogen and oxygen atoms in total. The predicted molar refractivity (Wildman–Crippen MR) is 119 cm³/mol. The van der Waals surface area contributed by atoms with Crippen LogP contribution in [0.15, 0.2) is 48.7 Å². The lowest BCUT2D eigenvalue weighted by Crippen LogP contribution is -2.42. The highest BCUT2D eigenvalue weighted by molar-refractivity contribution is 7.22. The average Bonchev–Trinajstić information content (AvgIpc) is 3.52. The van der Waals surface area contributed by atoms with E-state index in [1.807, 2.05) is 42.5 Å². The third-order valence-corrected chi connectivity index (χ3v) is 6.89. The number of pyridine rings is 1. The van der Waals surface area contributed by atoms with Crippen molar-refractivity contribution in [3.8, 4) is 0 Å². The molecule has 160 valence electrons. The first kappa shape index (κ1) is 20.1. The van der Waals surface area contributed by atoms with E-state index < -0.39 is 0 Å². The van der Waals surface area contributed by atoms with Gasteiger partial charge in [0.1, 0.15) is 0 Å². The van der Waals surface area contributed by atoms with Crippen molar-refractivity contribution in [2.24, 2.45) is 5.92 Å². The molecule has 0 aliphatic carbocycles. The summed E-state index contributed by atoms with van der Waals surface area (Å²) in [6.45, 7) is 2.04. The quantitative estimate of drug-likeness (QED) is 0.593. The number of carbonyl (C=O) groups excluding carboxylic acids is 2. The van der Waals surface area contributed by atoms with Gasteiger partial charge in [0.25, 0.3) is 0 Å². The van der Waals surface area contributed by atoms with Crippen molar-refractivity contribution >= 4 is 38.5 Å². The highest BCUT2D eigenvalue weighted by atomic mass is 32.1. The van der Waals surface area contributed by atoms with Crippen molar-refractivity contribution in [1.82, 2.24) is 14.9 Å².